The van der Waals surface area contributed by atoms with Gasteiger partial charge in [-0.05, 0) is 45.2 Å². The highest BCUT2D eigenvalue weighted by atomic mass is 32.1. The number of carbonyl (C=O) groups is 1. The van der Waals surface area contributed by atoms with Crippen LogP contribution in [0.25, 0.3) is 0 Å². The molecule has 1 unspecified atom stereocenters. The molecule has 0 aromatic carbocycles. The van der Waals surface area contributed by atoms with Crippen LogP contribution in [0.2, 0.25) is 0 Å². The number of thiocarbonyl (C=S) groups is 1. The second-order valence-electron chi connectivity index (χ2n) is 4.82. The van der Waals surface area contributed by atoms with Crippen LogP contribution >= 0.6 is 12.2 Å². The molecular formula is C11H21N3OS. The summed E-state index contributed by atoms with van der Waals surface area (Å²) < 4.78 is 0. The third kappa shape index (κ3) is 3.15. The van der Waals surface area contributed by atoms with Crippen molar-refractivity contribution in [2.45, 2.75) is 26.3 Å². The van der Waals surface area contributed by atoms with E-state index in [1.807, 2.05) is 27.9 Å². The largest absolute Gasteiger partial charge is 0.350 e. The van der Waals surface area contributed by atoms with Crippen molar-refractivity contribution < 1.29 is 4.79 Å². The smallest absolute Gasteiger partial charge is 0.251 e. The first kappa shape index (κ1) is 13.4. The Hall–Kier alpha value is -0.680. The molecule has 1 fully saturated rings. The fourth-order valence-corrected chi connectivity index (χ4v) is 2.06. The molecule has 1 atom stereocenters. The quantitative estimate of drug-likeness (QED) is 0.720. The van der Waals surface area contributed by atoms with Gasteiger partial charge in [0.1, 0.15) is 6.04 Å². The molecule has 1 aliphatic heterocycles. The Morgan fingerprint density at radius 2 is 2.12 bits per heavy atom. The van der Waals surface area contributed by atoms with E-state index in [2.05, 4.69) is 10.2 Å². The molecule has 16 heavy (non-hydrogen) atoms. The summed E-state index contributed by atoms with van der Waals surface area (Å²) in [6.45, 7) is 5.74. The molecule has 0 bridgehead atoms. The van der Waals surface area contributed by atoms with Crippen LogP contribution in [0.3, 0.4) is 0 Å². The molecule has 92 valence electrons. The minimum atomic E-state index is -0.133. The van der Waals surface area contributed by atoms with E-state index >= 15 is 0 Å². The van der Waals surface area contributed by atoms with Gasteiger partial charge < -0.3 is 10.2 Å². The lowest BCUT2D eigenvalue weighted by atomic mass is 10.1. The summed E-state index contributed by atoms with van der Waals surface area (Å²) in [4.78, 5) is 15.8. The van der Waals surface area contributed by atoms with Crippen molar-refractivity contribution in [1.82, 2.24) is 15.1 Å². The summed E-state index contributed by atoms with van der Waals surface area (Å²) in [5, 5.41) is 3.67. The van der Waals surface area contributed by atoms with Crippen molar-refractivity contribution in [3.8, 4) is 0 Å². The molecule has 4 nitrogen and oxygen atoms in total. The zero-order valence-electron chi connectivity index (χ0n) is 10.5. The molecule has 1 heterocycles. The normalized spacial score (nSPS) is 21.1. The maximum absolute atomic E-state index is 12.0. The lowest BCUT2D eigenvalue weighted by Crippen LogP contribution is -2.35. The van der Waals surface area contributed by atoms with Gasteiger partial charge in [0.05, 0.1) is 0 Å². The van der Waals surface area contributed by atoms with Crippen molar-refractivity contribution in [2.24, 2.45) is 5.92 Å². The summed E-state index contributed by atoms with van der Waals surface area (Å²) >= 11 is 5.17. The van der Waals surface area contributed by atoms with Crippen LogP contribution in [0.5, 0.6) is 0 Å². The predicted octanol–water partition coefficient (Wildman–Crippen LogP) is 0.679. The maximum atomic E-state index is 12.0. The Morgan fingerprint density at radius 3 is 2.56 bits per heavy atom. The molecule has 5 heteroatoms. The average Bonchev–Trinajstić information content (AvgIpc) is 2.44. The molecule has 1 rings (SSSR count). The number of nitrogens with one attached hydrogen (secondary N) is 1. The van der Waals surface area contributed by atoms with E-state index in [1.165, 1.54) is 0 Å². The standard InChI is InChI=1S/C11H21N3OS/c1-8(2)9-10(15)14(11(16)12-9)7-5-6-13(3)4/h8-9H,5-7H2,1-4H3,(H,12,16). The molecule has 0 saturated carbocycles. The van der Waals surface area contributed by atoms with Crippen LogP contribution < -0.4 is 5.32 Å². The van der Waals surface area contributed by atoms with E-state index in [-0.39, 0.29) is 17.9 Å². The minimum absolute atomic E-state index is 0.124. The molecule has 1 saturated heterocycles. The van der Waals surface area contributed by atoms with E-state index in [0.717, 1.165) is 13.0 Å². The molecule has 1 aliphatic rings. The van der Waals surface area contributed by atoms with E-state index in [0.29, 0.717) is 11.7 Å². The number of hydrogen-bond donors (Lipinski definition) is 1. The van der Waals surface area contributed by atoms with Gasteiger partial charge in [-0.1, -0.05) is 13.8 Å². The zero-order valence-corrected chi connectivity index (χ0v) is 11.3. The first-order valence-electron chi connectivity index (χ1n) is 5.70. The highest BCUT2D eigenvalue weighted by Gasteiger charge is 2.36. The fourth-order valence-electron chi connectivity index (χ4n) is 1.75. The fraction of sp³-hybridized carbons (Fsp3) is 0.818. The highest BCUT2D eigenvalue weighted by Crippen LogP contribution is 2.14. The maximum Gasteiger partial charge on any atom is 0.251 e. The SMILES string of the molecule is CC(C)C1NC(=S)N(CCCN(C)C)C1=O. The lowest BCUT2D eigenvalue weighted by molar-refractivity contribution is -0.128. The van der Waals surface area contributed by atoms with Gasteiger partial charge in [0.15, 0.2) is 5.11 Å². The van der Waals surface area contributed by atoms with Gasteiger partial charge in [0.2, 0.25) is 0 Å². The van der Waals surface area contributed by atoms with Crippen molar-refractivity contribution >= 4 is 23.2 Å². The lowest BCUT2D eigenvalue weighted by Gasteiger charge is -2.17. The average molecular weight is 243 g/mol. The molecular weight excluding hydrogens is 222 g/mol. The second kappa shape index (κ2) is 5.59. The van der Waals surface area contributed by atoms with Crippen LogP contribution in [-0.2, 0) is 4.79 Å². The summed E-state index contributed by atoms with van der Waals surface area (Å²) in [7, 11) is 4.05. The van der Waals surface area contributed by atoms with Crippen LogP contribution in [0.15, 0.2) is 0 Å². The van der Waals surface area contributed by atoms with Gasteiger partial charge in [-0.3, -0.25) is 9.69 Å². The van der Waals surface area contributed by atoms with Crippen molar-refractivity contribution in [3.63, 3.8) is 0 Å². The molecule has 0 radical (unpaired) electrons. The zero-order chi connectivity index (χ0) is 12.3. The number of rotatable bonds is 5. The number of nitrogens with zero attached hydrogens (tertiary/aromatic N) is 2. The van der Waals surface area contributed by atoms with E-state index in [4.69, 9.17) is 12.2 Å². The van der Waals surface area contributed by atoms with Gasteiger partial charge >= 0.3 is 0 Å². The van der Waals surface area contributed by atoms with Crippen molar-refractivity contribution in [1.29, 1.82) is 0 Å². The van der Waals surface area contributed by atoms with Gasteiger partial charge in [-0.2, -0.15) is 0 Å². The monoisotopic (exact) mass is 243 g/mol. The van der Waals surface area contributed by atoms with Crippen LogP contribution in [0, 0.1) is 5.92 Å². The van der Waals surface area contributed by atoms with E-state index < -0.39 is 0 Å². The molecule has 0 aromatic rings. The second-order valence-corrected chi connectivity index (χ2v) is 5.20. The third-order valence-electron chi connectivity index (χ3n) is 2.71. The highest BCUT2D eigenvalue weighted by molar-refractivity contribution is 7.80. The molecule has 1 N–H and O–H groups in total. The Morgan fingerprint density at radius 1 is 1.50 bits per heavy atom. The first-order valence-corrected chi connectivity index (χ1v) is 6.11. The summed E-state index contributed by atoms with van der Waals surface area (Å²) in [6, 6.07) is -0.133. The summed E-state index contributed by atoms with van der Waals surface area (Å²) in [5.74, 6) is 0.406. The minimum Gasteiger partial charge on any atom is -0.350 e. The van der Waals surface area contributed by atoms with Crippen LogP contribution in [-0.4, -0.2) is 54.0 Å². The number of hydrogen-bond acceptors (Lipinski definition) is 3. The molecule has 0 aliphatic carbocycles. The Labute approximate surface area is 103 Å². The Kier molecular flexibility index (Phi) is 4.68. The van der Waals surface area contributed by atoms with Gasteiger partial charge in [-0.25, -0.2) is 0 Å². The van der Waals surface area contributed by atoms with Gasteiger partial charge in [0, 0.05) is 6.54 Å². The first-order chi connectivity index (χ1) is 7.43. The van der Waals surface area contributed by atoms with Gasteiger partial charge in [0.25, 0.3) is 5.91 Å². The van der Waals surface area contributed by atoms with Gasteiger partial charge in [-0.15, -0.1) is 0 Å². The molecule has 0 aromatic heterocycles. The van der Waals surface area contributed by atoms with Crippen molar-refractivity contribution in [2.75, 3.05) is 27.2 Å². The van der Waals surface area contributed by atoms with Crippen molar-refractivity contribution in [3.05, 3.63) is 0 Å². The van der Waals surface area contributed by atoms with Crippen LogP contribution in [0.4, 0.5) is 0 Å². The predicted molar refractivity (Wildman–Crippen MR) is 69.2 cm³/mol. The topological polar surface area (TPSA) is 35.6 Å². The molecule has 0 spiro atoms. The van der Waals surface area contributed by atoms with Crippen LogP contribution in [0.1, 0.15) is 20.3 Å². The Bertz CT molecular complexity index is 278. The number of amides is 1. The third-order valence-corrected chi connectivity index (χ3v) is 3.05. The Balaban J connectivity index is 2.48. The van der Waals surface area contributed by atoms with E-state index in [9.17, 15) is 4.79 Å². The van der Waals surface area contributed by atoms with E-state index in [1.54, 1.807) is 4.90 Å². The molecule has 1 amide bonds. The summed E-state index contributed by atoms with van der Waals surface area (Å²) in [6.07, 6.45) is 0.950. The summed E-state index contributed by atoms with van der Waals surface area (Å²) in [5.41, 5.74) is 0. The number of carbonyl (C=O) groups excluding carboxylic acids is 1.